The molecule has 1 aromatic carbocycles. The summed E-state index contributed by atoms with van der Waals surface area (Å²) in [6.07, 6.45) is 0.121. The second kappa shape index (κ2) is 10.6. The summed E-state index contributed by atoms with van der Waals surface area (Å²) in [5, 5.41) is 18.3. The molecule has 0 fully saturated rings. The molecule has 0 atom stereocenters. The molecule has 1 aromatic rings. The van der Waals surface area contributed by atoms with E-state index >= 15 is 0 Å². The van der Waals surface area contributed by atoms with Crippen molar-refractivity contribution in [1.82, 2.24) is 0 Å². The molecule has 0 saturated carbocycles. The third-order valence-electron chi connectivity index (χ3n) is 2.61. The van der Waals surface area contributed by atoms with Gasteiger partial charge in [-0.15, -0.1) is 0 Å². The van der Waals surface area contributed by atoms with Gasteiger partial charge in [-0.2, -0.15) is 0 Å². The molecule has 0 saturated heterocycles. The van der Waals surface area contributed by atoms with Gasteiger partial charge in [0.25, 0.3) is 0 Å². The van der Waals surface area contributed by atoms with E-state index in [1.807, 2.05) is 6.07 Å². The first-order chi connectivity index (χ1) is 8.43. The Balaban J connectivity index is 0. The van der Waals surface area contributed by atoms with E-state index in [4.69, 9.17) is 5.11 Å². The number of aliphatic carboxylic acids is 2. The monoisotopic (exact) mass is 296 g/mol. The van der Waals surface area contributed by atoms with Gasteiger partial charge in [0.2, 0.25) is 0 Å². The van der Waals surface area contributed by atoms with Crippen LogP contribution in [0.3, 0.4) is 0 Å². The Morgan fingerprint density at radius 3 is 1.85 bits per heavy atom. The number of carboxylic acid groups (broad SMARTS) is 2. The predicted octanol–water partition coefficient (Wildman–Crippen LogP) is 1.05. The molecule has 20 heavy (non-hydrogen) atoms. The van der Waals surface area contributed by atoms with E-state index in [1.165, 1.54) is 0 Å². The zero-order chi connectivity index (χ0) is 13.7. The second-order valence-electron chi connectivity index (χ2n) is 4.32. The van der Waals surface area contributed by atoms with Crippen molar-refractivity contribution in [2.75, 3.05) is 0 Å². The molecule has 0 radical (unpaired) electrons. The maximum absolute atomic E-state index is 11.2. The molecule has 0 spiro atoms. The fraction of sp³-hybridized carbons (Fsp3) is 0.286. The van der Waals surface area contributed by atoms with Crippen LogP contribution in [0.15, 0.2) is 41.5 Å². The van der Waals surface area contributed by atoms with Crippen LogP contribution in [0.4, 0.5) is 0 Å². The van der Waals surface area contributed by atoms with Crippen molar-refractivity contribution in [2.24, 2.45) is 5.92 Å². The summed E-state index contributed by atoms with van der Waals surface area (Å²) in [7, 11) is 0. The van der Waals surface area contributed by atoms with Gasteiger partial charge in [0.05, 0.1) is 11.1 Å². The third kappa shape index (κ3) is 6.57. The predicted molar refractivity (Wildman–Crippen MR) is 81.6 cm³/mol. The first kappa shape index (κ1) is 22.2. The van der Waals surface area contributed by atoms with Gasteiger partial charge in [-0.25, -0.2) is 9.59 Å². The van der Waals surface area contributed by atoms with E-state index in [1.54, 1.807) is 38.1 Å². The van der Waals surface area contributed by atoms with Crippen molar-refractivity contribution in [3.05, 3.63) is 47.0 Å². The first-order valence-corrected chi connectivity index (χ1v) is 5.67. The molecule has 0 aliphatic carbocycles. The molecule has 4 nitrogen and oxygen atoms in total. The third-order valence-corrected chi connectivity index (χ3v) is 2.61. The van der Waals surface area contributed by atoms with Gasteiger partial charge in [0, 0.05) is 6.42 Å². The number of carbonyl (C=O) groups is 2. The Morgan fingerprint density at radius 1 is 1.00 bits per heavy atom. The topological polar surface area (TPSA) is 74.6 Å². The van der Waals surface area contributed by atoms with Gasteiger partial charge < -0.3 is 10.2 Å². The standard InChI is InChI=1S/C14H16O4.2Na.2H/c1-9(2)12(14(17)18)11(13(15)16)8-10-6-4-3-5-7-10;;;;/h3-7,9H,8H2,1-2H3,(H,15,16)(H,17,18);;;;/b12-11-;;;;. The fourth-order valence-corrected chi connectivity index (χ4v) is 1.81. The SMILES string of the molecule is CC(C)/C(C(=O)O)=C(\Cc1ccccc1)C(=O)O.[NaH].[NaH]. The minimum atomic E-state index is -1.18. The summed E-state index contributed by atoms with van der Waals surface area (Å²) >= 11 is 0. The summed E-state index contributed by atoms with van der Waals surface area (Å²) in [6, 6.07) is 8.98. The average Bonchev–Trinajstić information content (AvgIpc) is 2.28. The Bertz CT molecular complexity index is 481. The summed E-state index contributed by atoms with van der Waals surface area (Å²) < 4.78 is 0. The van der Waals surface area contributed by atoms with Gasteiger partial charge in [0.15, 0.2) is 0 Å². The summed E-state index contributed by atoms with van der Waals surface area (Å²) in [5.41, 5.74) is 0.698. The molecule has 0 aliphatic heterocycles. The van der Waals surface area contributed by atoms with Crippen molar-refractivity contribution in [3.63, 3.8) is 0 Å². The van der Waals surface area contributed by atoms with E-state index in [-0.39, 0.29) is 82.6 Å². The summed E-state index contributed by atoms with van der Waals surface area (Å²) in [4.78, 5) is 22.4. The van der Waals surface area contributed by atoms with E-state index in [2.05, 4.69) is 0 Å². The molecule has 0 aromatic heterocycles. The molecule has 1 rings (SSSR count). The summed E-state index contributed by atoms with van der Waals surface area (Å²) in [5.74, 6) is -2.68. The van der Waals surface area contributed by atoms with Crippen molar-refractivity contribution >= 4 is 71.1 Å². The molecule has 0 heterocycles. The number of rotatable bonds is 5. The van der Waals surface area contributed by atoms with Crippen molar-refractivity contribution < 1.29 is 19.8 Å². The number of hydrogen-bond acceptors (Lipinski definition) is 2. The molecule has 6 heteroatoms. The first-order valence-electron chi connectivity index (χ1n) is 5.67. The maximum atomic E-state index is 11.2. The van der Waals surface area contributed by atoms with Crippen LogP contribution in [0.2, 0.25) is 0 Å². The number of carboxylic acids is 2. The van der Waals surface area contributed by atoms with Crippen LogP contribution in [-0.2, 0) is 16.0 Å². The summed E-state index contributed by atoms with van der Waals surface area (Å²) in [6.45, 7) is 3.36. The van der Waals surface area contributed by atoms with E-state index in [9.17, 15) is 14.7 Å². The van der Waals surface area contributed by atoms with Gasteiger partial charge in [-0.1, -0.05) is 44.2 Å². The Hall–Kier alpha value is -0.1000. The molecule has 0 bridgehead atoms. The van der Waals surface area contributed by atoms with Gasteiger partial charge in [-0.05, 0) is 11.5 Å². The molecule has 2 N–H and O–H groups in total. The molecular weight excluding hydrogens is 278 g/mol. The Labute approximate surface area is 162 Å². The Morgan fingerprint density at radius 2 is 1.50 bits per heavy atom. The molecule has 0 amide bonds. The van der Waals surface area contributed by atoms with Crippen LogP contribution in [0.25, 0.3) is 0 Å². The molecular formula is C14H18Na2O4. The Kier molecular flexibility index (Phi) is 11.8. The van der Waals surface area contributed by atoms with Gasteiger partial charge in [0.1, 0.15) is 0 Å². The van der Waals surface area contributed by atoms with Crippen molar-refractivity contribution in [3.8, 4) is 0 Å². The van der Waals surface area contributed by atoms with Crippen LogP contribution < -0.4 is 0 Å². The van der Waals surface area contributed by atoms with Crippen molar-refractivity contribution in [1.29, 1.82) is 0 Å². The zero-order valence-electron chi connectivity index (χ0n) is 10.4. The van der Waals surface area contributed by atoms with Crippen LogP contribution in [0, 0.1) is 5.92 Å². The van der Waals surface area contributed by atoms with E-state index < -0.39 is 11.9 Å². The van der Waals surface area contributed by atoms with Gasteiger partial charge in [-0.3, -0.25) is 0 Å². The molecule has 0 aliphatic rings. The van der Waals surface area contributed by atoms with Gasteiger partial charge >= 0.3 is 71.1 Å². The van der Waals surface area contributed by atoms with E-state index in [0.717, 1.165) is 5.56 Å². The molecule has 0 unspecified atom stereocenters. The fourth-order valence-electron chi connectivity index (χ4n) is 1.81. The quantitative estimate of drug-likeness (QED) is 0.629. The van der Waals surface area contributed by atoms with Crippen LogP contribution in [-0.4, -0.2) is 81.3 Å². The zero-order valence-corrected chi connectivity index (χ0v) is 10.4. The molecule has 100 valence electrons. The average molecular weight is 296 g/mol. The van der Waals surface area contributed by atoms with Crippen LogP contribution >= 0.6 is 0 Å². The van der Waals surface area contributed by atoms with Crippen LogP contribution in [0.1, 0.15) is 19.4 Å². The second-order valence-corrected chi connectivity index (χ2v) is 4.32. The van der Waals surface area contributed by atoms with Crippen LogP contribution in [0.5, 0.6) is 0 Å². The van der Waals surface area contributed by atoms with Crippen molar-refractivity contribution in [2.45, 2.75) is 20.3 Å². The number of benzene rings is 1. The normalized spacial score (nSPS) is 10.9. The number of hydrogen-bond donors (Lipinski definition) is 2. The minimum absolute atomic E-state index is 0. The van der Waals surface area contributed by atoms with E-state index in [0.29, 0.717) is 0 Å².